The van der Waals surface area contributed by atoms with Crippen LogP contribution in [0.1, 0.15) is 28.8 Å². The number of carbonyl (C=O) groups is 4. The largest absolute Gasteiger partial charge is 0.472 e. The molecule has 3 rings (SSSR count). The van der Waals surface area contributed by atoms with Crippen molar-refractivity contribution >= 4 is 35.6 Å². The Kier molecular flexibility index (Phi) is 6.95. The van der Waals surface area contributed by atoms with Gasteiger partial charge in [-0.15, -0.1) is 0 Å². The number of rotatable bonds is 8. The molecule has 1 atom stereocenters. The van der Waals surface area contributed by atoms with Gasteiger partial charge in [-0.3, -0.25) is 19.8 Å². The number of nitro benzene ring substituents is 1. The van der Waals surface area contributed by atoms with Crippen molar-refractivity contribution in [3.05, 3.63) is 63.2 Å². The third kappa shape index (κ3) is 5.03. The number of urea groups is 1. The third-order valence-electron chi connectivity index (χ3n) is 4.65. The molecule has 1 aliphatic rings. The highest BCUT2D eigenvalue weighted by molar-refractivity contribution is 6.13. The van der Waals surface area contributed by atoms with Gasteiger partial charge in [0.25, 0.3) is 5.91 Å². The summed E-state index contributed by atoms with van der Waals surface area (Å²) in [5.74, 6) is -2.22. The Hall–Kier alpha value is -4.68. The lowest BCUT2D eigenvalue weighted by molar-refractivity contribution is -0.386. The number of esters is 2. The molecule has 34 heavy (non-hydrogen) atoms. The SMILES string of the molecule is COC(=O)c1ccc(CN2C(=O)N/C(=C\c3ccc(O[C@H](C)C(=O)OC)c([N+](=O)[O-])c3)C2=O)o1. The summed E-state index contributed by atoms with van der Waals surface area (Å²) in [6, 6.07) is 5.83. The van der Waals surface area contributed by atoms with Crippen molar-refractivity contribution in [2.75, 3.05) is 14.2 Å². The van der Waals surface area contributed by atoms with Gasteiger partial charge in [0.15, 0.2) is 11.9 Å². The summed E-state index contributed by atoms with van der Waals surface area (Å²) in [7, 11) is 2.34. The molecular weight excluding hydrogens is 454 g/mol. The first-order valence-corrected chi connectivity index (χ1v) is 9.69. The van der Waals surface area contributed by atoms with Gasteiger partial charge in [-0.25, -0.2) is 14.4 Å². The van der Waals surface area contributed by atoms with Crippen LogP contribution in [-0.2, 0) is 25.6 Å². The van der Waals surface area contributed by atoms with Crippen LogP contribution < -0.4 is 10.1 Å². The van der Waals surface area contributed by atoms with Gasteiger partial charge < -0.3 is 23.9 Å². The van der Waals surface area contributed by atoms with Crippen molar-refractivity contribution in [2.45, 2.75) is 19.6 Å². The van der Waals surface area contributed by atoms with Crippen LogP contribution in [0.25, 0.3) is 6.08 Å². The van der Waals surface area contributed by atoms with E-state index in [0.29, 0.717) is 0 Å². The minimum atomic E-state index is -1.08. The second-order valence-electron chi connectivity index (χ2n) is 6.90. The van der Waals surface area contributed by atoms with E-state index >= 15 is 0 Å². The summed E-state index contributed by atoms with van der Waals surface area (Å²) in [4.78, 5) is 59.6. The fourth-order valence-corrected chi connectivity index (χ4v) is 2.98. The van der Waals surface area contributed by atoms with Gasteiger partial charge in [-0.05, 0) is 36.8 Å². The predicted octanol–water partition coefficient (Wildman–Crippen LogP) is 2.01. The van der Waals surface area contributed by atoms with E-state index in [4.69, 9.17) is 9.15 Å². The molecule has 1 aromatic heterocycles. The second-order valence-corrected chi connectivity index (χ2v) is 6.90. The fraction of sp³-hybridized carbons (Fsp3) is 0.238. The molecule has 0 saturated carbocycles. The lowest BCUT2D eigenvalue weighted by atomic mass is 10.1. The van der Waals surface area contributed by atoms with E-state index in [1.165, 1.54) is 44.4 Å². The highest BCUT2D eigenvalue weighted by Gasteiger charge is 2.34. The zero-order valence-corrected chi connectivity index (χ0v) is 18.2. The number of benzene rings is 1. The van der Waals surface area contributed by atoms with E-state index in [9.17, 15) is 29.3 Å². The molecule has 13 heteroatoms. The van der Waals surface area contributed by atoms with Crippen LogP contribution in [0, 0.1) is 10.1 Å². The first kappa shape index (κ1) is 24.0. The Balaban J connectivity index is 1.80. The quantitative estimate of drug-likeness (QED) is 0.197. The summed E-state index contributed by atoms with van der Waals surface area (Å²) >= 11 is 0. The molecule has 3 amide bonds. The van der Waals surface area contributed by atoms with Crippen molar-refractivity contribution in [3.8, 4) is 5.75 Å². The minimum Gasteiger partial charge on any atom is -0.472 e. The molecular formula is C21H19N3O10. The average molecular weight is 473 g/mol. The van der Waals surface area contributed by atoms with Gasteiger partial charge in [-0.1, -0.05) is 6.07 Å². The Morgan fingerprint density at radius 2 is 1.94 bits per heavy atom. The van der Waals surface area contributed by atoms with Crippen LogP contribution in [-0.4, -0.2) is 54.0 Å². The van der Waals surface area contributed by atoms with Crippen molar-refractivity contribution in [1.29, 1.82) is 0 Å². The van der Waals surface area contributed by atoms with E-state index in [0.717, 1.165) is 18.1 Å². The Bertz CT molecular complexity index is 1200. The van der Waals surface area contributed by atoms with Crippen molar-refractivity contribution < 1.29 is 42.7 Å². The van der Waals surface area contributed by atoms with Crippen molar-refractivity contribution in [1.82, 2.24) is 10.2 Å². The van der Waals surface area contributed by atoms with Crippen LogP contribution in [0.2, 0.25) is 0 Å². The molecule has 2 aromatic rings. The number of methoxy groups -OCH3 is 2. The summed E-state index contributed by atoms with van der Waals surface area (Å²) in [5.41, 5.74) is -0.360. The lowest BCUT2D eigenvalue weighted by Gasteiger charge is -2.12. The minimum absolute atomic E-state index is 0.0866. The standard InChI is InChI=1S/C21H19N3O10/c1-11(19(26)31-2)33-16-6-4-12(9-15(16)24(29)30)8-14-18(25)23(21(28)22-14)10-13-5-7-17(34-13)20(27)32-3/h4-9,11H,10H2,1-3H3,(H,22,28)/b14-8-/t11-/m1/s1. The second kappa shape index (κ2) is 9.85. The number of hydrogen-bond acceptors (Lipinski definition) is 10. The van der Waals surface area contributed by atoms with Crippen LogP contribution in [0.15, 0.2) is 40.4 Å². The van der Waals surface area contributed by atoms with Gasteiger partial charge in [0.05, 0.1) is 25.7 Å². The van der Waals surface area contributed by atoms with Crippen LogP contribution in [0.3, 0.4) is 0 Å². The van der Waals surface area contributed by atoms with Crippen LogP contribution >= 0.6 is 0 Å². The molecule has 0 radical (unpaired) electrons. The molecule has 0 unspecified atom stereocenters. The van der Waals surface area contributed by atoms with Gasteiger partial charge in [0.1, 0.15) is 11.5 Å². The van der Waals surface area contributed by atoms with Gasteiger partial charge >= 0.3 is 23.7 Å². The molecule has 0 spiro atoms. The van der Waals surface area contributed by atoms with Crippen molar-refractivity contribution in [2.24, 2.45) is 0 Å². The average Bonchev–Trinajstić information content (AvgIpc) is 3.39. The maximum atomic E-state index is 12.7. The zero-order valence-electron chi connectivity index (χ0n) is 18.2. The van der Waals surface area contributed by atoms with E-state index in [1.807, 2.05) is 0 Å². The summed E-state index contributed by atoms with van der Waals surface area (Å²) in [6.07, 6.45) is 0.168. The molecule has 0 bridgehead atoms. The number of furan rings is 1. The van der Waals surface area contributed by atoms with Gasteiger partial charge in [0.2, 0.25) is 5.76 Å². The van der Waals surface area contributed by atoms with E-state index < -0.39 is 40.6 Å². The van der Waals surface area contributed by atoms with Crippen LogP contribution in [0.4, 0.5) is 10.5 Å². The first-order chi connectivity index (χ1) is 16.1. The highest BCUT2D eigenvalue weighted by atomic mass is 16.6. The molecule has 0 aliphatic carbocycles. The van der Waals surface area contributed by atoms with E-state index in [-0.39, 0.29) is 35.1 Å². The molecule has 1 saturated heterocycles. The number of nitrogens with one attached hydrogen (secondary N) is 1. The number of ether oxygens (including phenoxy) is 3. The van der Waals surface area contributed by atoms with E-state index in [1.54, 1.807) is 0 Å². The smallest absolute Gasteiger partial charge is 0.373 e. The normalized spacial score (nSPS) is 15.1. The molecule has 2 heterocycles. The number of imide groups is 1. The maximum absolute atomic E-state index is 12.7. The molecule has 178 valence electrons. The van der Waals surface area contributed by atoms with Gasteiger partial charge in [0, 0.05) is 6.07 Å². The number of nitro groups is 1. The summed E-state index contributed by atoms with van der Waals surface area (Å²) in [6.45, 7) is 1.12. The number of nitrogens with zero attached hydrogens (tertiary/aromatic N) is 2. The fourth-order valence-electron chi connectivity index (χ4n) is 2.98. The molecule has 1 N–H and O–H groups in total. The Morgan fingerprint density at radius 1 is 1.21 bits per heavy atom. The Labute approximate surface area is 192 Å². The number of hydrogen-bond donors (Lipinski definition) is 1. The number of amides is 3. The summed E-state index contributed by atoms with van der Waals surface area (Å²) in [5, 5.41) is 13.9. The Morgan fingerprint density at radius 3 is 2.59 bits per heavy atom. The molecule has 1 aromatic carbocycles. The number of carbonyl (C=O) groups excluding carboxylic acids is 4. The predicted molar refractivity (Wildman–Crippen MR) is 112 cm³/mol. The third-order valence-corrected chi connectivity index (χ3v) is 4.65. The maximum Gasteiger partial charge on any atom is 0.373 e. The zero-order chi connectivity index (χ0) is 25.0. The van der Waals surface area contributed by atoms with Gasteiger partial charge in [-0.2, -0.15) is 0 Å². The topological polar surface area (TPSA) is 168 Å². The lowest BCUT2D eigenvalue weighted by Crippen LogP contribution is -2.30. The van der Waals surface area contributed by atoms with Crippen LogP contribution in [0.5, 0.6) is 5.75 Å². The first-order valence-electron chi connectivity index (χ1n) is 9.69. The molecule has 1 fully saturated rings. The van der Waals surface area contributed by atoms with Crippen molar-refractivity contribution in [3.63, 3.8) is 0 Å². The van der Waals surface area contributed by atoms with E-state index in [2.05, 4.69) is 14.8 Å². The highest BCUT2D eigenvalue weighted by Crippen LogP contribution is 2.30. The monoisotopic (exact) mass is 473 g/mol. The molecule has 13 nitrogen and oxygen atoms in total. The molecule has 1 aliphatic heterocycles. The summed E-state index contributed by atoms with van der Waals surface area (Å²) < 4.78 is 19.7.